The van der Waals surface area contributed by atoms with Crippen molar-refractivity contribution in [3.05, 3.63) is 0 Å². The molecule has 0 spiro atoms. The normalized spacial score (nSPS) is 22.9. The van der Waals surface area contributed by atoms with Gasteiger partial charge in [0.1, 0.15) is 0 Å². The van der Waals surface area contributed by atoms with E-state index in [1.807, 2.05) is 0 Å². The van der Waals surface area contributed by atoms with Gasteiger partial charge in [-0.1, -0.05) is 0 Å². The molecule has 0 aromatic carbocycles. The molecule has 4 nitrogen and oxygen atoms in total. The lowest BCUT2D eigenvalue weighted by Crippen LogP contribution is -2.45. The summed E-state index contributed by atoms with van der Waals surface area (Å²) in [4.78, 5) is 13.0. The van der Waals surface area contributed by atoms with E-state index in [1.165, 1.54) is 0 Å². The molecule has 1 saturated heterocycles. The van der Waals surface area contributed by atoms with Crippen molar-refractivity contribution in [2.24, 2.45) is 0 Å². The van der Waals surface area contributed by atoms with Gasteiger partial charge >= 0.3 is 6.09 Å². The summed E-state index contributed by atoms with van der Waals surface area (Å²) in [6, 6.07) is -0.0344. The van der Waals surface area contributed by atoms with Crippen molar-refractivity contribution < 1.29 is 14.6 Å². The Kier molecular flexibility index (Phi) is 4.02. The van der Waals surface area contributed by atoms with Crippen LogP contribution >= 0.6 is 0 Å². The van der Waals surface area contributed by atoms with Gasteiger partial charge in [0.15, 0.2) is 0 Å². The van der Waals surface area contributed by atoms with Crippen molar-refractivity contribution >= 4 is 6.09 Å². The summed E-state index contributed by atoms with van der Waals surface area (Å²) in [7, 11) is 0. The summed E-state index contributed by atoms with van der Waals surface area (Å²) in [5, 5.41) is 9.03. The average molecular weight is 187 g/mol. The van der Waals surface area contributed by atoms with E-state index >= 15 is 0 Å². The predicted octanol–water partition coefficient (Wildman–Crippen LogP) is 0.990. The molecule has 1 unspecified atom stereocenters. The topological polar surface area (TPSA) is 49.8 Å². The van der Waals surface area contributed by atoms with Gasteiger partial charge in [-0.15, -0.1) is 0 Å². The third-order valence-electron chi connectivity index (χ3n) is 2.34. The highest BCUT2D eigenvalue weighted by atomic mass is 16.6. The summed E-state index contributed by atoms with van der Waals surface area (Å²) >= 11 is 0. The summed E-state index contributed by atoms with van der Waals surface area (Å²) < 4.78 is 4.89. The number of piperidine rings is 1. The van der Waals surface area contributed by atoms with Crippen molar-refractivity contribution in [2.75, 3.05) is 19.8 Å². The fourth-order valence-electron chi connectivity index (χ4n) is 1.64. The van der Waals surface area contributed by atoms with Crippen LogP contribution in [0.2, 0.25) is 0 Å². The van der Waals surface area contributed by atoms with Crippen LogP contribution in [0.25, 0.3) is 0 Å². The molecule has 1 atom stereocenters. The van der Waals surface area contributed by atoms with E-state index in [-0.39, 0.29) is 18.7 Å². The van der Waals surface area contributed by atoms with Gasteiger partial charge in [-0.25, -0.2) is 4.79 Å². The second-order valence-corrected chi connectivity index (χ2v) is 3.22. The average Bonchev–Trinajstić information content (AvgIpc) is 2.18. The second kappa shape index (κ2) is 5.07. The smallest absolute Gasteiger partial charge is 0.410 e. The molecule has 1 heterocycles. The van der Waals surface area contributed by atoms with Crippen LogP contribution in [0, 0.1) is 0 Å². The third-order valence-corrected chi connectivity index (χ3v) is 2.34. The highest BCUT2D eigenvalue weighted by Crippen LogP contribution is 2.17. The highest BCUT2D eigenvalue weighted by Gasteiger charge is 2.26. The minimum Gasteiger partial charge on any atom is -0.450 e. The van der Waals surface area contributed by atoms with Crippen LogP contribution in [-0.4, -0.2) is 41.9 Å². The maximum absolute atomic E-state index is 11.4. The van der Waals surface area contributed by atoms with Gasteiger partial charge in [0.05, 0.1) is 19.3 Å². The predicted molar refractivity (Wildman–Crippen MR) is 48.5 cm³/mol. The maximum Gasteiger partial charge on any atom is 0.410 e. The van der Waals surface area contributed by atoms with Crippen LogP contribution in [0.5, 0.6) is 0 Å². The Morgan fingerprint density at radius 1 is 1.62 bits per heavy atom. The minimum absolute atomic E-state index is 0.0344. The fourth-order valence-corrected chi connectivity index (χ4v) is 1.64. The standard InChI is InChI=1S/C9H17NO3/c1-2-13-9(12)10-6-4-3-5-8(10)7-11/h8,11H,2-7H2,1H3. The SMILES string of the molecule is CCOC(=O)N1CCCCC1CO. The number of rotatable bonds is 2. The molecule has 0 bridgehead atoms. The number of nitrogens with zero attached hydrogens (tertiary/aromatic N) is 1. The number of carbonyl (C=O) groups excluding carboxylic acids is 1. The molecule has 0 saturated carbocycles. The lowest BCUT2D eigenvalue weighted by molar-refractivity contribution is 0.0566. The van der Waals surface area contributed by atoms with E-state index in [0.717, 1.165) is 19.3 Å². The molecule has 0 aromatic rings. The summed E-state index contributed by atoms with van der Waals surface area (Å²) in [6.45, 7) is 2.94. The summed E-state index contributed by atoms with van der Waals surface area (Å²) in [5.41, 5.74) is 0. The number of likely N-dealkylation sites (tertiary alicyclic amines) is 1. The van der Waals surface area contributed by atoms with Crippen LogP contribution in [0.4, 0.5) is 4.79 Å². The molecule has 1 aliphatic rings. The third kappa shape index (κ3) is 2.59. The number of amides is 1. The van der Waals surface area contributed by atoms with Gasteiger partial charge in [-0.05, 0) is 26.2 Å². The molecule has 0 aromatic heterocycles. The molecular formula is C9H17NO3. The van der Waals surface area contributed by atoms with Crippen LogP contribution in [0.3, 0.4) is 0 Å². The summed E-state index contributed by atoms with van der Waals surface area (Å²) in [5.74, 6) is 0. The lowest BCUT2D eigenvalue weighted by Gasteiger charge is -2.33. The Morgan fingerprint density at radius 3 is 3.00 bits per heavy atom. The first-order chi connectivity index (χ1) is 6.29. The van der Waals surface area contributed by atoms with Gasteiger partial charge in [0.2, 0.25) is 0 Å². The molecule has 13 heavy (non-hydrogen) atoms. The van der Waals surface area contributed by atoms with E-state index in [2.05, 4.69) is 0 Å². The van der Waals surface area contributed by atoms with Crippen molar-refractivity contribution in [1.29, 1.82) is 0 Å². The first-order valence-electron chi connectivity index (χ1n) is 4.83. The molecule has 1 fully saturated rings. The Balaban J connectivity index is 2.48. The van der Waals surface area contributed by atoms with Crippen molar-refractivity contribution in [3.63, 3.8) is 0 Å². The van der Waals surface area contributed by atoms with Gasteiger partial charge in [0, 0.05) is 6.54 Å². The van der Waals surface area contributed by atoms with Gasteiger partial charge in [-0.3, -0.25) is 0 Å². The van der Waals surface area contributed by atoms with E-state index in [4.69, 9.17) is 9.84 Å². The fraction of sp³-hybridized carbons (Fsp3) is 0.889. The van der Waals surface area contributed by atoms with Gasteiger partial charge < -0.3 is 14.7 Å². The van der Waals surface area contributed by atoms with Crippen molar-refractivity contribution in [1.82, 2.24) is 4.90 Å². The molecule has 76 valence electrons. The Hall–Kier alpha value is -0.770. The van der Waals surface area contributed by atoms with Gasteiger partial charge in [-0.2, -0.15) is 0 Å². The molecule has 1 rings (SSSR count). The van der Waals surface area contributed by atoms with E-state index in [1.54, 1.807) is 11.8 Å². The van der Waals surface area contributed by atoms with Crippen molar-refractivity contribution in [3.8, 4) is 0 Å². The molecular weight excluding hydrogens is 170 g/mol. The quantitative estimate of drug-likeness (QED) is 0.701. The first-order valence-corrected chi connectivity index (χ1v) is 4.83. The molecule has 0 radical (unpaired) electrons. The number of ether oxygens (including phenoxy) is 1. The number of hydrogen-bond donors (Lipinski definition) is 1. The molecule has 1 N–H and O–H groups in total. The zero-order valence-electron chi connectivity index (χ0n) is 8.03. The van der Waals surface area contributed by atoms with Crippen LogP contribution in [0.15, 0.2) is 0 Å². The summed E-state index contributed by atoms with van der Waals surface area (Å²) in [6.07, 6.45) is 2.69. The lowest BCUT2D eigenvalue weighted by atomic mass is 10.0. The van der Waals surface area contributed by atoms with Crippen molar-refractivity contribution in [2.45, 2.75) is 32.2 Å². The number of carbonyl (C=O) groups is 1. The van der Waals surface area contributed by atoms with Crippen LogP contribution < -0.4 is 0 Å². The minimum atomic E-state index is -0.291. The Bertz CT molecular complexity index is 172. The van der Waals surface area contributed by atoms with Crippen LogP contribution in [0.1, 0.15) is 26.2 Å². The zero-order valence-corrected chi connectivity index (χ0v) is 8.03. The largest absolute Gasteiger partial charge is 0.450 e. The van der Waals surface area contributed by atoms with Crippen LogP contribution in [-0.2, 0) is 4.74 Å². The maximum atomic E-state index is 11.4. The molecule has 0 aliphatic carbocycles. The monoisotopic (exact) mass is 187 g/mol. The zero-order chi connectivity index (χ0) is 9.68. The first kappa shape index (κ1) is 10.3. The molecule has 4 heteroatoms. The molecule has 1 aliphatic heterocycles. The van der Waals surface area contributed by atoms with E-state index < -0.39 is 0 Å². The highest BCUT2D eigenvalue weighted by molar-refractivity contribution is 5.68. The Morgan fingerprint density at radius 2 is 2.38 bits per heavy atom. The van der Waals surface area contributed by atoms with Gasteiger partial charge in [0.25, 0.3) is 0 Å². The molecule has 1 amide bonds. The van der Waals surface area contributed by atoms with E-state index in [0.29, 0.717) is 13.2 Å². The number of aliphatic hydroxyl groups is 1. The number of hydrogen-bond acceptors (Lipinski definition) is 3. The Labute approximate surface area is 78.5 Å². The number of aliphatic hydroxyl groups excluding tert-OH is 1. The second-order valence-electron chi connectivity index (χ2n) is 3.22. The van der Waals surface area contributed by atoms with E-state index in [9.17, 15) is 4.79 Å².